The van der Waals surface area contributed by atoms with Crippen LogP contribution in [-0.4, -0.2) is 13.0 Å². The SMILES string of the molecule is COc1cccc(C#N)c1NC(=O)Cc1cccc(F)c1. The van der Waals surface area contributed by atoms with Gasteiger partial charge in [0, 0.05) is 0 Å². The molecule has 0 bridgehead atoms. The molecule has 5 heteroatoms. The van der Waals surface area contributed by atoms with Crippen molar-refractivity contribution in [2.24, 2.45) is 0 Å². The van der Waals surface area contributed by atoms with Crippen LogP contribution >= 0.6 is 0 Å². The van der Waals surface area contributed by atoms with Gasteiger partial charge in [-0.1, -0.05) is 18.2 Å². The molecule has 1 amide bonds. The molecule has 0 aliphatic rings. The van der Waals surface area contributed by atoms with Gasteiger partial charge in [-0.25, -0.2) is 4.39 Å². The summed E-state index contributed by atoms with van der Waals surface area (Å²) in [5, 5.41) is 11.7. The highest BCUT2D eigenvalue weighted by Gasteiger charge is 2.12. The molecule has 0 aromatic heterocycles. The number of benzene rings is 2. The maximum atomic E-state index is 13.1. The Hall–Kier alpha value is -2.87. The number of para-hydroxylation sites is 1. The number of halogens is 1. The van der Waals surface area contributed by atoms with E-state index in [1.54, 1.807) is 30.3 Å². The molecule has 0 fully saturated rings. The molecule has 0 spiro atoms. The van der Waals surface area contributed by atoms with E-state index in [-0.39, 0.29) is 12.3 Å². The molecule has 4 nitrogen and oxygen atoms in total. The summed E-state index contributed by atoms with van der Waals surface area (Å²) < 4.78 is 18.2. The molecule has 0 radical (unpaired) electrons. The van der Waals surface area contributed by atoms with E-state index in [9.17, 15) is 9.18 Å². The van der Waals surface area contributed by atoms with Crippen molar-refractivity contribution in [3.63, 3.8) is 0 Å². The summed E-state index contributed by atoms with van der Waals surface area (Å²) in [5.41, 5.74) is 1.19. The third-order valence-electron chi connectivity index (χ3n) is 2.88. The molecule has 106 valence electrons. The Morgan fingerprint density at radius 3 is 2.76 bits per heavy atom. The number of methoxy groups -OCH3 is 1. The van der Waals surface area contributed by atoms with Crippen molar-refractivity contribution in [3.05, 3.63) is 59.4 Å². The number of anilines is 1. The topological polar surface area (TPSA) is 62.1 Å². The van der Waals surface area contributed by atoms with Crippen LogP contribution in [0.2, 0.25) is 0 Å². The van der Waals surface area contributed by atoms with Crippen LogP contribution in [0.3, 0.4) is 0 Å². The van der Waals surface area contributed by atoms with Crippen LogP contribution in [0.4, 0.5) is 10.1 Å². The van der Waals surface area contributed by atoms with E-state index in [2.05, 4.69) is 5.32 Å². The highest BCUT2D eigenvalue weighted by atomic mass is 19.1. The fraction of sp³-hybridized carbons (Fsp3) is 0.125. The Balaban J connectivity index is 2.18. The van der Waals surface area contributed by atoms with Gasteiger partial charge in [-0.3, -0.25) is 4.79 Å². The molecule has 0 aliphatic heterocycles. The van der Waals surface area contributed by atoms with Gasteiger partial charge in [0.1, 0.15) is 23.3 Å². The molecule has 0 saturated heterocycles. The maximum Gasteiger partial charge on any atom is 0.228 e. The first kappa shape index (κ1) is 14.5. The van der Waals surface area contributed by atoms with Crippen LogP contribution in [0.15, 0.2) is 42.5 Å². The van der Waals surface area contributed by atoms with Gasteiger partial charge in [-0.05, 0) is 29.8 Å². The van der Waals surface area contributed by atoms with Crippen LogP contribution in [0.1, 0.15) is 11.1 Å². The van der Waals surface area contributed by atoms with E-state index in [4.69, 9.17) is 10.00 Å². The van der Waals surface area contributed by atoms with Gasteiger partial charge in [0.05, 0.1) is 19.1 Å². The molecule has 2 aromatic carbocycles. The van der Waals surface area contributed by atoms with Gasteiger partial charge in [0.15, 0.2) is 0 Å². The molecule has 1 N–H and O–H groups in total. The van der Waals surface area contributed by atoms with Gasteiger partial charge >= 0.3 is 0 Å². The van der Waals surface area contributed by atoms with Gasteiger partial charge in [-0.15, -0.1) is 0 Å². The zero-order valence-electron chi connectivity index (χ0n) is 11.4. The van der Waals surface area contributed by atoms with E-state index >= 15 is 0 Å². The number of carbonyl (C=O) groups excluding carboxylic acids is 1. The van der Waals surface area contributed by atoms with Crippen LogP contribution in [-0.2, 0) is 11.2 Å². The minimum atomic E-state index is -0.393. The third kappa shape index (κ3) is 3.57. The summed E-state index contributed by atoms with van der Waals surface area (Å²) in [5.74, 6) is -0.335. The summed E-state index contributed by atoms with van der Waals surface area (Å²) >= 11 is 0. The average Bonchev–Trinajstić information content (AvgIpc) is 2.47. The fourth-order valence-electron chi connectivity index (χ4n) is 1.94. The number of amides is 1. The molecule has 0 unspecified atom stereocenters. The van der Waals surface area contributed by atoms with Crippen molar-refractivity contribution in [1.82, 2.24) is 0 Å². The fourth-order valence-corrected chi connectivity index (χ4v) is 1.94. The predicted molar refractivity (Wildman–Crippen MR) is 76.4 cm³/mol. The lowest BCUT2D eigenvalue weighted by Crippen LogP contribution is -2.16. The van der Waals surface area contributed by atoms with Crippen molar-refractivity contribution in [1.29, 1.82) is 5.26 Å². The van der Waals surface area contributed by atoms with Crippen molar-refractivity contribution in [2.45, 2.75) is 6.42 Å². The molecule has 0 saturated carbocycles. The molecule has 2 rings (SSSR count). The number of nitrogens with one attached hydrogen (secondary N) is 1. The molecular formula is C16H13FN2O2. The first-order chi connectivity index (χ1) is 10.1. The number of ether oxygens (including phenoxy) is 1. The number of carbonyl (C=O) groups is 1. The summed E-state index contributed by atoms with van der Waals surface area (Å²) in [6.45, 7) is 0. The van der Waals surface area contributed by atoms with Crippen LogP contribution in [0.5, 0.6) is 5.75 Å². The van der Waals surface area contributed by atoms with E-state index in [0.717, 1.165) is 0 Å². The van der Waals surface area contributed by atoms with E-state index in [0.29, 0.717) is 22.6 Å². The zero-order valence-corrected chi connectivity index (χ0v) is 11.4. The van der Waals surface area contributed by atoms with Crippen LogP contribution in [0.25, 0.3) is 0 Å². The van der Waals surface area contributed by atoms with Crippen molar-refractivity contribution in [2.75, 3.05) is 12.4 Å². The number of rotatable bonds is 4. The first-order valence-corrected chi connectivity index (χ1v) is 6.25. The second-order valence-corrected chi connectivity index (χ2v) is 4.35. The summed E-state index contributed by atoms with van der Waals surface area (Å²) in [6.07, 6.45) is 0.0146. The second kappa shape index (κ2) is 6.53. The average molecular weight is 284 g/mol. The lowest BCUT2D eigenvalue weighted by molar-refractivity contribution is -0.115. The molecule has 0 aliphatic carbocycles. The lowest BCUT2D eigenvalue weighted by Gasteiger charge is -2.11. The maximum absolute atomic E-state index is 13.1. The first-order valence-electron chi connectivity index (χ1n) is 6.25. The monoisotopic (exact) mass is 284 g/mol. The number of hydrogen-bond acceptors (Lipinski definition) is 3. The number of nitrogens with zero attached hydrogens (tertiary/aromatic N) is 1. The Bertz CT molecular complexity index is 708. The summed E-state index contributed by atoms with van der Waals surface area (Å²) in [4.78, 5) is 12.0. The minimum absolute atomic E-state index is 0.0146. The smallest absolute Gasteiger partial charge is 0.228 e. The molecule has 2 aromatic rings. The van der Waals surface area contributed by atoms with E-state index < -0.39 is 5.82 Å². The summed E-state index contributed by atoms with van der Waals surface area (Å²) in [7, 11) is 1.46. The summed E-state index contributed by atoms with van der Waals surface area (Å²) in [6, 6.07) is 12.7. The normalized spacial score (nSPS) is 9.76. The second-order valence-electron chi connectivity index (χ2n) is 4.35. The Morgan fingerprint density at radius 1 is 1.33 bits per heavy atom. The largest absolute Gasteiger partial charge is 0.495 e. The Morgan fingerprint density at radius 2 is 2.10 bits per heavy atom. The quantitative estimate of drug-likeness (QED) is 0.939. The molecule has 0 heterocycles. The van der Waals surface area contributed by atoms with Gasteiger partial charge in [0.25, 0.3) is 0 Å². The van der Waals surface area contributed by atoms with E-state index in [1.807, 2.05) is 6.07 Å². The lowest BCUT2D eigenvalue weighted by atomic mass is 10.1. The van der Waals surface area contributed by atoms with Gasteiger partial charge in [0.2, 0.25) is 5.91 Å². The van der Waals surface area contributed by atoms with Crippen LogP contribution < -0.4 is 10.1 Å². The standard InChI is InChI=1S/C16H13FN2O2/c1-21-14-7-3-5-12(10-18)16(14)19-15(20)9-11-4-2-6-13(17)8-11/h2-8H,9H2,1H3,(H,19,20). The highest BCUT2D eigenvalue weighted by Crippen LogP contribution is 2.27. The minimum Gasteiger partial charge on any atom is -0.495 e. The molecule has 21 heavy (non-hydrogen) atoms. The van der Waals surface area contributed by atoms with Gasteiger partial charge < -0.3 is 10.1 Å². The van der Waals surface area contributed by atoms with Crippen molar-refractivity contribution < 1.29 is 13.9 Å². The number of nitriles is 1. The van der Waals surface area contributed by atoms with Crippen molar-refractivity contribution in [3.8, 4) is 11.8 Å². The molecule has 0 atom stereocenters. The third-order valence-corrected chi connectivity index (χ3v) is 2.88. The number of hydrogen-bond donors (Lipinski definition) is 1. The Kier molecular flexibility index (Phi) is 4.52. The van der Waals surface area contributed by atoms with Crippen LogP contribution in [0, 0.1) is 17.1 Å². The van der Waals surface area contributed by atoms with Gasteiger partial charge in [-0.2, -0.15) is 5.26 Å². The van der Waals surface area contributed by atoms with Crippen molar-refractivity contribution >= 4 is 11.6 Å². The molecular weight excluding hydrogens is 271 g/mol. The Labute approximate surface area is 121 Å². The zero-order chi connectivity index (χ0) is 15.2. The highest BCUT2D eigenvalue weighted by molar-refractivity contribution is 5.95. The predicted octanol–water partition coefficient (Wildman–Crippen LogP) is 2.89. The van der Waals surface area contributed by atoms with E-state index in [1.165, 1.54) is 19.2 Å².